The molecular weight excluding hydrogens is 568 g/mol. The van der Waals surface area contributed by atoms with Gasteiger partial charge in [0.15, 0.2) is 5.65 Å². The standard InChI is InChI=1S/C28H35BrN4O4S/c1-20-8-10-21(11-9-20)38(35,36)33-18-22(29)24-23(12-15-30-25(24)33)31-16-7-14-28(19-31)13-5-6-17-32(28)26(34)37-27(2,3)4/h8-12,15,18H,5-7,13-14,16-17,19H2,1-4H3. The molecule has 1 atom stereocenters. The van der Waals surface area contributed by atoms with E-state index in [0.29, 0.717) is 23.2 Å². The summed E-state index contributed by atoms with van der Waals surface area (Å²) in [7, 11) is -3.84. The van der Waals surface area contributed by atoms with Gasteiger partial charge >= 0.3 is 6.09 Å². The first kappa shape index (κ1) is 27.0. The zero-order chi connectivity index (χ0) is 27.3. The molecule has 3 aromatic rings. The van der Waals surface area contributed by atoms with E-state index in [4.69, 9.17) is 4.74 Å². The van der Waals surface area contributed by atoms with Gasteiger partial charge in [0.25, 0.3) is 10.0 Å². The Morgan fingerprint density at radius 1 is 1.05 bits per heavy atom. The van der Waals surface area contributed by atoms with E-state index in [1.54, 1.807) is 36.7 Å². The van der Waals surface area contributed by atoms with E-state index in [0.717, 1.165) is 55.3 Å². The first-order chi connectivity index (χ1) is 17.9. The number of anilines is 1. The number of piperidine rings is 2. The molecule has 1 amide bonds. The van der Waals surface area contributed by atoms with Crippen LogP contribution in [-0.2, 0) is 14.8 Å². The molecule has 4 heterocycles. The van der Waals surface area contributed by atoms with Gasteiger partial charge in [-0.05, 0) is 93.9 Å². The smallest absolute Gasteiger partial charge is 0.410 e. The van der Waals surface area contributed by atoms with Crippen LogP contribution in [0.15, 0.2) is 52.1 Å². The van der Waals surface area contributed by atoms with Crippen LogP contribution < -0.4 is 4.90 Å². The van der Waals surface area contributed by atoms with Crippen molar-refractivity contribution in [3.8, 4) is 0 Å². The summed E-state index contributed by atoms with van der Waals surface area (Å²) in [5, 5.41) is 0.750. The Kier molecular flexibility index (Phi) is 7.01. The highest BCUT2D eigenvalue weighted by Gasteiger charge is 2.46. The lowest BCUT2D eigenvalue weighted by atomic mass is 9.80. The lowest BCUT2D eigenvalue weighted by Crippen LogP contribution is -2.63. The molecule has 2 fully saturated rings. The number of rotatable bonds is 3. The van der Waals surface area contributed by atoms with Gasteiger partial charge in [-0.1, -0.05) is 17.7 Å². The third-order valence-corrected chi connectivity index (χ3v) is 9.79. The number of benzene rings is 1. The SMILES string of the molecule is Cc1ccc(S(=O)(=O)n2cc(Br)c3c(N4CCCC5(CCCCN5C(=O)OC(C)(C)C)C4)ccnc32)cc1. The molecule has 0 N–H and O–H groups in total. The van der Waals surface area contributed by atoms with E-state index in [1.807, 2.05) is 38.7 Å². The van der Waals surface area contributed by atoms with E-state index in [-0.39, 0.29) is 16.5 Å². The number of hydrogen-bond acceptors (Lipinski definition) is 6. The van der Waals surface area contributed by atoms with Gasteiger partial charge in [0, 0.05) is 36.5 Å². The minimum Gasteiger partial charge on any atom is -0.444 e. The molecule has 0 saturated carbocycles. The van der Waals surface area contributed by atoms with Gasteiger partial charge in [0.05, 0.1) is 21.5 Å². The molecule has 2 aliphatic rings. The van der Waals surface area contributed by atoms with E-state index in [1.165, 1.54) is 3.97 Å². The third-order valence-electron chi connectivity index (χ3n) is 7.52. The highest BCUT2D eigenvalue weighted by Crippen LogP contribution is 2.42. The number of amides is 1. The van der Waals surface area contributed by atoms with Crippen molar-refractivity contribution in [2.45, 2.75) is 75.8 Å². The van der Waals surface area contributed by atoms with E-state index in [9.17, 15) is 13.2 Å². The maximum Gasteiger partial charge on any atom is 0.410 e. The van der Waals surface area contributed by atoms with Crippen molar-refractivity contribution < 1.29 is 17.9 Å². The Morgan fingerprint density at radius 3 is 2.47 bits per heavy atom. The van der Waals surface area contributed by atoms with E-state index < -0.39 is 15.6 Å². The summed E-state index contributed by atoms with van der Waals surface area (Å²) in [5.74, 6) is 0. The molecule has 1 unspecified atom stereocenters. The number of ether oxygens (including phenoxy) is 1. The summed E-state index contributed by atoms with van der Waals surface area (Å²) in [6.07, 6.45) is 7.78. The second-order valence-electron chi connectivity index (χ2n) is 11.5. The summed E-state index contributed by atoms with van der Waals surface area (Å²) >= 11 is 3.63. The third kappa shape index (κ3) is 4.93. The lowest BCUT2D eigenvalue weighted by molar-refractivity contribution is -0.0198. The molecule has 2 saturated heterocycles. The maximum absolute atomic E-state index is 13.6. The highest BCUT2D eigenvalue weighted by atomic mass is 79.9. The maximum atomic E-state index is 13.6. The molecule has 2 aliphatic heterocycles. The summed E-state index contributed by atoms with van der Waals surface area (Å²) < 4.78 is 34.9. The number of halogens is 1. The number of carbonyl (C=O) groups excluding carboxylic acids is 1. The quantitative estimate of drug-likeness (QED) is 0.360. The number of pyridine rings is 1. The molecule has 10 heteroatoms. The minimum absolute atomic E-state index is 0.215. The Bertz CT molecular complexity index is 1460. The highest BCUT2D eigenvalue weighted by molar-refractivity contribution is 9.10. The number of fused-ring (bicyclic) bond motifs is 1. The number of carbonyl (C=O) groups is 1. The Labute approximate surface area is 233 Å². The van der Waals surface area contributed by atoms with Crippen LogP contribution in [0.5, 0.6) is 0 Å². The van der Waals surface area contributed by atoms with Crippen LogP contribution in [0, 0.1) is 6.92 Å². The fourth-order valence-corrected chi connectivity index (χ4v) is 7.81. The molecular formula is C28H35BrN4O4S. The molecule has 2 aromatic heterocycles. The number of aromatic nitrogens is 2. The number of nitrogens with zero attached hydrogens (tertiary/aromatic N) is 4. The van der Waals surface area contributed by atoms with Crippen molar-refractivity contribution in [1.82, 2.24) is 13.9 Å². The van der Waals surface area contributed by atoms with Gasteiger partial charge < -0.3 is 14.5 Å². The molecule has 204 valence electrons. The average molecular weight is 604 g/mol. The van der Waals surface area contributed by atoms with Gasteiger partial charge in [-0.2, -0.15) is 0 Å². The number of hydrogen-bond donors (Lipinski definition) is 0. The molecule has 0 radical (unpaired) electrons. The summed E-state index contributed by atoms with van der Waals surface area (Å²) in [5.41, 5.74) is 1.40. The predicted octanol–water partition coefficient (Wildman–Crippen LogP) is 6.10. The van der Waals surface area contributed by atoms with Crippen LogP contribution >= 0.6 is 15.9 Å². The zero-order valence-electron chi connectivity index (χ0n) is 22.4. The monoisotopic (exact) mass is 602 g/mol. The van der Waals surface area contributed by atoms with Gasteiger partial charge in [-0.3, -0.25) is 0 Å². The van der Waals surface area contributed by atoms with Crippen molar-refractivity contribution >= 4 is 48.8 Å². The van der Waals surface area contributed by atoms with Crippen molar-refractivity contribution in [2.24, 2.45) is 0 Å². The number of likely N-dealkylation sites (tertiary alicyclic amines) is 1. The van der Waals surface area contributed by atoms with Crippen molar-refractivity contribution in [3.05, 3.63) is 52.8 Å². The Balaban J connectivity index is 1.53. The summed E-state index contributed by atoms with van der Waals surface area (Å²) in [6.45, 7) is 9.77. The van der Waals surface area contributed by atoms with Crippen LogP contribution in [0.2, 0.25) is 0 Å². The van der Waals surface area contributed by atoms with Crippen molar-refractivity contribution in [1.29, 1.82) is 0 Å². The molecule has 1 spiro atoms. The molecule has 8 nitrogen and oxygen atoms in total. The van der Waals surface area contributed by atoms with Crippen LogP contribution in [0.4, 0.5) is 10.5 Å². The van der Waals surface area contributed by atoms with Crippen molar-refractivity contribution in [3.63, 3.8) is 0 Å². The van der Waals surface area contributed by atoms with Crippen LogP contribution in [-0.4, -0.2) is 59.1 Å². The van der Waals surface area contributed by atoms with Gasteiger partial charge in [0.1, 0.15) is 5.60 Å². The minimum atomic E-state index is -3.84. The Hall–Kier alpha value is -2.59. The van der Waals surface area contributed by atoms with Crippen LogP contribution in [0.25, 0.3) is 11.0 Å². The van der Waals surface area contributed by atoms with Crippen molar-refractivity contribution in [2.75, 3.05) is 24.5 Å². The van der Waals surface area contributed by atoms with Crippen LogP contribution in [0.3, 0.4) is 0 Å². The largest absolute Gasteiger partial charge is 0.444 e. The lowest BCUT2D eigenvalue weighted by Gasteiger charge is -2.52. The molecule has 5 rings (SSSR count). The average Bonchev–Trinajstić information content (AvgIpc) is 3.21. The number of aryl methyl sites for hydroxylation is 1. The normalized spacial score (nSPS) is 20.8. The molecule has 1 aromatic carbocycles. The summed E-state index contributed by atoms with van der Waals surface area (Å²) in [4.78, 5) is 22.2. The first-order valence-corrected chi connectivity index (χ1v) is 15.4. The van der Waals surface area contributed by atoms with E-state index in [2.05, 4.69) is 25.8 Å². The summed E-state index contributed by atoms with van der Waals surface area (Å²) in [6, 6.07) is 8.77. The Morgan fingerprint density at radius 2 is 1.76 bits per heavy atom. The second kappa shape index (κ2) is 9.86. The molecule has 38 heavy (non-hydrogen) atoms. The fraction of sp³-hybridized carbons (Fsp3) is 0.500. The zero-order valence-corrected chi connectivity index (χ0v) is 24.8. The fourth-order valence-electron chi connectivity index (χ4n) is 5.78. The van der Waals surface area contributed by atoms with Gasteiger partial charge in [-0.25, -0.2) is 22.2 Å². The van der Waals surface area contributed by atoms with Gasteiger partial charge in [0.2, 0.25) is 0 Å². The predicted molar refractivity (Wildman–Crippen MR) is 152 cm³/mol. The first-order valence-electron chi connectivity index (χ1n) is 13.1. The molecule has 0 bridgehead atoms. The topological polar surface area (TPSA) is 84.7 Å². The molecule has 0 aliphatic carbocycles. The van der Waals surface area contributed by atoms with Gasteiger partial charge in [-0.15, -0.1) is 0 Å². The second-order valence-corrected chi connectivity index (χ2v) is 14.1. The van der Waals surface area contributed by atoms with E-state index >= 15 is 0 Å². The van der Waals surface area contributed by atoms with Crippen LogP contribution in [0.1, 0.15) is 58.4 Å².